The SMILES string of the molecule is CCOc1ccccc1C(F)(F)C(=O)NCc1n[nH]c(=S)n1C. The van der Waals surface area contributed by atoms with E-state index in [2.05, 4.69) is 15.5 Å². The lowest BCUT2D eigenvalue weighted by Crippen LogP contribution is -2.38. The summed E-state index contributed by atoms with van der Waals surface area (Å²) in [4.78, 5) is 11.9. The molecule has 23 heavy (non-hydrogen) atoms. The summed E-state index contributed by atoms with van der Waals surface area (Å²) in [6.45, 7) is 1.73. The van der Waals surface area contributed by atoms with Crippen LogP contribution in [0.2, 0.25) is 0 Å². The number of ether oxygens (including phenoxy) is 1. The second-order valence-electron chi connectivity index (χ2n) is 4.69. The second kappa shape index (κ2) is 6.86. The Hall–Kier alpha value is -2.29. The van der Waals surface area contributed by atoms with Gasteiger partial charge in [-0.05, 0) is 31.3 Å². The number of H-pyrrole nitrogens is 1. The molecular weight excluding hydrogens is 326 g/mol. The van der Waals surface area contributed by atoms with E-state index in [9.17, 15) is 13.6 Å². The van der Waals surface area contributed by atoms with E-state index in [4.69, 9.17) is 17.0 Å². The Labute approximate surface area is 136 Å². The second-order valence-corrected chi connectivity index (χ2v) is 5.08. The van der Waals surface area contributed by atoms with Crippen molar-refractivity contribution in [3.05, 3.63) is 40.4 Å². The third-order valence-corrected chi connectivity index (χ3v) is 3.55. The topological polar surface area (TPSA) is 71.9 Å². The van der Waals surface area contributed by atoms with Gasteiger partial charge in [0.1, 0.15) is 5.75 Å². The molecule has 0 unspecified atom stereocenters. The lowest BCUT2D eigenvalue weighted by atomic mass is 10.1. The van der Waals surface area contributed by atoms with Crippen molar-refractivity contribution >= 4 is 18.1 Å². The van der Waals surface area contributed by atoms with Gasteiger partial charge in [-0.2, -0.15) is 13.9 Å². The van der Waals surface area contributed by atoms with Gasteiger partial charge in [-0.1, -0.05) is 12.1 Å². The van der Waals surface area contributed by atoms with Gasteiger partial charge in [0.05, 0.1) is 18.7 Å². The minimum Gasteiger partial charge on any atom is -0.493 e. The molecule has 1 heterocycles. The van der Waals surface area contributed by atoms with E-state index >= 15 is 0 Å². The fraction of sp³-hybridized carbons (Fsp3) is 0.357. The average Bonchev–Trinajstić information content (AvgIpc) is 2.85. The first-order valence-corrected chi connectivity index (χ1v) is 7.27. The number of aromatic amines is 1. The highest BCUT2D eigenvalue weighted by Crippen LogP contribution is 2.35. The van der Waals surface area contributed by atoms with E-state index in [0.29, 0.717) is 10.6 Å². The smallest absolute Gasteiger partial charge is 0.353 e. The summed E-state index contributed by atoms with van der Waals surface area (Å²) in [5.74, 6) is -4.83. The lowest BCUT2D eigenvalue weighted by molar-refractivity contribution is -0.147. The quantitative estimate of drug-likeness (QED) is 0.790. The number of benzene rings is 1. The van der Waals surface area contributed by atoms with Crippen molar-refractivity contribution in [2.75, 3.05) is 6.61 Å². The van der Waals surface area contributed by atoms with Gasteiger partial charge in [0.25, 0.3) is 5.91 Å². The Morgan fingerprint density at radius 1 is 1.48 bits per heavy atom. The first-order chi connectivity index (χ1) is 10.9. The van der Waals surface area contributed by atoms with Crippen LogP contribution in [0.15, 0.2) is 24.3 Å². The molecule has 124 valence electrons. The molecule has 0 bridgehead atoms. The Morgan fingerprint density at radius 3 is 2.78 bits per heavy atom. The zero-order chi connectivity index (χ0) is 17.0. The monoisotopic (exact) mass is 342 g/mol. The highest BCUT2D eigenvalue weighted by Gasteiger charge is 2.43. The maximum Gasteiger partial charge on any atom is 0.353 e. The van der Waals surface area contributed by atoms with Crippen molar-refractivity contribution in [3.63, 3.8) is 0 Å². The molecule has 9 heteroatoms. The fourth-order valence-corrected chi connectivity index (χ4v) is 2.09. The summed E-state index contributed by atoms with van der Waals surface area (Å²) >= 11 is 4.92. The zero-order valence-electron chi connectivity index (χ0n) is 12.6. The van der Waals surface area contributed by atoms with Crippen LogP contribution < -0.4 is 10.1 Å². The largest absolute Gasteiger partial charge is 0.493 e. The van der Waals surface area contributed by atoms with Crippen LogP contribution in [0.25, 0.3) is 0 Å². The number of nitrogens with one attached hydrogen (secondary N) is 2. The van der Waals surface area contributed by atoms with E-state index in [-0.39, 0.29) is 18.9 Å². The van der Waals surface area contributed by atoms with Crippen molar-refractivity contribution in [2.45, 2.75) is 19.4 Å². The Kier molecular flexibility index (Phi) is 5.09. The highest BCUT2D eigenvalue weighted by atomic mass is 32.1. The summed E-state index contributed by atoms with van der Waals surface area (Å²) < 4.78 is 35.8. The van der Waals surface area contributed by atoms with E-state index in [1.54, 1.807) is 20.0 Å². The number of alkyl halides is 2. The molecule has 1 amide bonds. The Bertz CT molecular complexity index is 757. The molecule has 1 aromatic carbocycles. The molecule has 0 atom stereocenters. The van der Waals surface area contributed by atoms with Gasteiger partial charge in [0, 0.05) is 7.05 Å². The number of hydrogen-bond acceptors (Lipinski definition) is 4. The van der Waals surface area contributed by atoms with Gasteiger partial charge < -0.3 is 14.6 Å². The molecule has 0 radical (unpaired) electrons. The predicted molar refractivity (Wildman–Crippen MR) is 81.7 cm³/mol. The number of carbonyl (C=O) groups is 1. The molecule has 0 spiro atoms. The fourth-order valence-electron chi connectivity index (χ4n) is 1.94. The summed E-state index contributed by atoms with van der Waals surface area (Å²) in [5, 5.41) is 8.53. The van der Waals surface area contributed by atoms with Crippen LogP contribution >= 0.6 is 12.2 Å². The molecule has 1 aromatic heterocycles. The van der Waals surface area contributed by atoms with Gasteiger partial charge in [0.2, 0.25) is 0 Å². The van der Waals surface area contributed by atoms with Crippen LogP contribution in [0.1, 0.15) is 18.3 Å². The van der Waals surface area contributed by atoms with Crippen molar-refractivity contribution in [1.82, 2.24) is 20.1 Å². The summed E-state index contributed by atoms with van der Waals surface area (Å²) in [6.07, 6.45) is 0. The number of amides is 1. The van der Waals surface area contributed by atoms with Crippen LogP contribution in [0.5, 0.6) is 5.75 Å². The van der Waals surface area contributed by atoms with Crippen LogP contribution in [-0.2, 0) is 24.3 Å². The van der Waals surface area contributed by atoms with Gasteiger partial charge >= 0.3 is 5.92 Å². The number of aromatic nitrogens is 3. The molecule has 0 aliphatic heterocycles. The number of halogens is 2. The first kappa shape index (κ1) is 17.1. The number of rotatable bonds is 6. The molecule has 2 rings (SSSR count). The summed E-state index contributed by atoms with van der Waals surface area (Å²) in [7, 11) is 1.62. The van der Waals surface area contributed by atoms with Gasteiger partial charge in [-0.15, -0.1) is 0 Å². The van der Waals surface area contributed by atoms with Gasteiger partial charge in [0.15, 0.2) is 10.6 Å². The average molecular weight is 342 g/mol. The molecule has 0 saturated carbocycles. The third-order valence-electron chi connectivity index (χ3n) is 3.19. The zero-order valence-corrected chi connectivity index (χ0v) is 13.4. The number of hydrogen-bond donors (Lipinski definition) is 2. The van der Waals surface area contributed by atoms with Crippen LogP contribution in [0.3, 0.4) is 0 Å². The van der Waals surface area contributed by atoms with E-state index < -0.39 is 17.4 Å². The minimum absolute atomic E-state index is 0.0201. The molecule has 6 nitrogen and oxygen atoms in total. The van der Waals surface area contributed by atoms with E-state index in [0.717, 1.165) is 0 Å². The standard InChI is InChI=1S/C14H16F2N4O2S/c1-3-22-10-7-5-4-6-9(10)14(15,16)12(21)17-8-11-18-19-13(23)20(11)2/h4-7H,3,8H2,1-2H3,(H,17,21)(H,19,23). The number of nitrogens with zero attached hydrogens (tertiary/aromatic N) is 2. The molecule has 0 aliphatic carbocycles. The summed E-state index contributed by atoms with van der Waals surface area (Å²) in [5.41, 5.74) is -0.477. The van der Waals surface area contributed by atoms with E-state index in [1.807, 2.05) is 0 Å². The molecule has 2 aromatic rings. The van der Waals surface area contributed by atoms with Crippen molar-refractivity contribution < 1.29 is 18.3 Å². The molecular formula is C14H16F2N4O2S. The van der Waals surface area contributed by atoms with Crippen LogP contribution in [0, 0.1) is 4.77 Å². The highest BCUT2D eigenvalue weighted by molar-refractivity contribution is 7.71. The molecule has 0 aliphatic rings. The number of para-hydroxylation sites is 1. The van der Waals surface area contributed by atoms with Crippen LogP contribution in [0.4, 0.5) is 8.78 Å². The minimum atomic E-state index is -3.72. The molecule has 0 saturated heterocycles. The lowest BCUT2D eigenvalue weighted by Gasteiger charge is -2.19. The van der Waals surface area contributed by atoms with Crippen molar-refractivity contribution in [2.24, 2.45) is 7.05 Å². The molecule has 0 fully saturated rings. The Balaban J connectivity index is 2.17. The maximum absolute atomic E-state index is 14.4. The van der Waals surface area contributed by atoms with E-state index in [1.165, 1.54) is 22.8 Å². The molecule has 2 N–H and O–H groups in total. The van der Waals surface area contributed by atoms with Crippen molar-refractivity contribution in [1.29, 1.82) is 0 Å². The first-order valence-electron chi connectivity index (χ1n) is 6.86. The predicted octanol–water partition coefficient (Wildman–Crippen LogP) is 2.28. The Morgan fingerprint density at radius 2 is 2.17 bits per heavy atom. The van der Waals surface area contributed by atoms with Crippen LogP contribution in [-0.4, -0.2) is 27.3 Å². The van der Waals surface area contributed by atoms with Gasteiger partial charge in [-0.3, -0.25) is 9.89 Å². The third kappa shape index (κ3) is 3.55. The normalized spacial score (nSPS) is 11.3. The number of carbonyl (C=O) groups excluding carboxylic acids is 1. The summed E-state index contributed by atoms with van der Waals surface area (Å²) in [6, 6.07) is 5.56. The van der Waals surface area contributed by atoms with Gasteiger partial charge in [-0.25, -0.2) is 0 Å². The maximum atomic E-state index is 14.4. The van der Waals surface area contributed by atoms with Crippen molar-refractivity contribution in [3.8, 4) is 5.75 Å².